The second-order valence-corrected chi connectivity index (χ2v) is 4.80. The molecule has 17 heavy (non-hydrogen) atoms. The predicted octanol–water partition coefficient (Wildman–Crippen LogP) is 1.89. The van der Waals surface area contributed by atoms with Gasteiger partial charge in [0.15, 0.2) is 0 Å². The van der Waals surface area contributed by atoms with Crippen molar-refractivity contribution in [3.8, 4) is 0 Å². The molecule has 0 saturated carbocycles. The van der Waals surface area contributed by atoms with Crippen molar-refractivity contribution in [1.29, 1.82) is 0 Å². The highest BCUT2D eigenvalue weighted by molar-refractivity contribution is 5.89. The molecular weight excluding hydrogens is 214 g/mol. The Kier molecular flexibility index (Phi) is 3.64. The van der Waals surface area contributed by atoms with Crippen molar-refractivity contribution in [2.75, 3.05) is 18.4 Å². The van der Waals surface area contributed by atoms with Gasteiger partial charge in [-0.3, -0.25) is 0 Å². The summed E-state index contributed by atoms with van der Waals surface area (Å²) >= 11 is 0. The number of benzene rings is 1. The number of nitrogens with one attached hydrogen (secondary N) is 1. The van der Waals surface area contributed by atoms with E-state index in [1.54, 1.807) is 4.90 Å². The molecule has 2 atom stereocenters. The summed E-state index contributed by atoms with van der Waals surface area (Å²) in [5, 5.41) is 2.88. The highest BCUT2D eigenvalue weighted by atomic mass is 16.2. The molecule has 1 saturated heterocycles. The van der Waals surface area contributed by atoms with Crippen molar-refractivity contribution in [1.82, 2.24) is 4.90 Å². The molecule has 4 nitrogen and oxygen atoms in total. The Hall–Kier alpha value is -1.55. The van der Waals surface area contributed by atoms with Crippen molar-refractivity contribution < 1.29 is 4.79 Å². The molecule has 0 aliphatic carbocycles. The van der Waals surface area contributed by atoms with E-state index in [2.05, 4.69) is 12.2 Å². The van der Waals surface area contributed by atoms with Crippen molar-refractivity contribution >= 4 is 11.7 Å². The first-order valence-corrected chi connectivity index (χ1v) is 6.01. The number of hydrogen-bond acceptors (Lipinski definition) is 2. The Morgan fingerprint density at radius 2 is 2.06 bits per heavy atom. The molecule has 0 bridgehead atoms. The van der Waals surface area contributed by atoms with Gasteiger partial charge >= 0.3 is 6.03 Å². The van der Waals surface area contributed by atoms with E-state index in [0.717, 1.165) is 18.7 Å². The maximum atomic E-state index is 12.0. The quantitative estimate of drug-likeness (QED) is 0.778. The molecule has 1 aromatic carbocycles. The number of hydrogen-bond donors (Lipinski definition) is 2. The minimum Gasteiger partial charge on any atom is -0.326 e. The summed E-state index contributed by atoms with van der Waals surface area (Å²) in [5.74, 6) is 0.472. The molecular formula is C13H19N3O. The second-order valence-electron chi connectivity index (χ2n) is 4.80. The summed E-state index contributed by atoms with van der Waals surface area (Å²) in [6, 6.07) is 9.53. The topological polar surface area (TPSA) is 58.4 Å². The lowest BCUT2D eigenvalue weighted by Gasteiger charge is -2.34. The maximum Gasteiger partial charge on any atom is 0.321 e. The molecule has 1 aliphatic heterocycles. The Bertz CT molecular complexity index is 370. The predicted molar refractivity (Wildman–Crippen MR) is 68.8 cm³/mol. The average Bonchev–Trinajstić information content (AvgIpc) is 2.29. The van der Waals surface area contributed by atoms with E-state index in [1.165, 1.54) is 0 Å². The van der Waals surface area contributed by atoms with Crippen LogP contribution >= 0.6 is 0 Å². The minimum atomic E-state index is -0.0572. The standard InChI is InChI=1S/C13H19N3O/c1-10-7-11(14)9-16(8-10)13(17)15-12-5-3-2-4-6-12/h2-6,10-11H,7-9,14H2,1H3,(H,15,17). The Balaban J connectivity index is 1.96. The van der Waals surface area contributed by atoms with Crippen molar-refractivity contribution in [2.24, 2.45) is 11.7 Å². The van der Waals surface area contributed by atoms with Gasteiger partial charge in [0.25, 0.3) is 0 Å². The summed E-state index contributed by atoms with van der Waals surface area (Å²) in [5.41, 5.74) is 6.75. The molecule has 2 unspecified atom stereocenters. The fourth-order valence-corrected chi connectivity index (χ4v) is 2.29. The molecule has 2 amide bonds. The Labute approximate surface area is 102 Å². The van der Waals surface area contributed by atoms with Gasteiger partial charge in [-0.2, -0.15) is 0 Å². The molecule has 1 aliphatic rings. The number of rotatable bonds is 1. The van der Waals surface area contributed by atoms with Gasteiger partial charge in [0.2, 0.25) is 0 Å². The van der Waals surface area contributed by atoms with E-state index in [9.17, 15) is 4.79 Å². The van der Waals surface area contributed by atoms with E-state index >= 15 is 0 Å². The third kappa shape index (κ3) is 3.20. The zero-order valence-electron chi connectivity index (χ0n) is 10.1. The van der Waals surface area contributed by atoms with Gasteiger partial charge in [0.05, 0.1) is 0 Å². The van der Waals surface area contributed by atoms with Crippen LogP contribution in [0.25, 0.3) is 0 Å². The fourth-order valence-electron chi connectivity index (χ4n) is 2.29. The summed E-state index contributed by atoms with van der Waals surface area (Å²) in [6.45, 7) is 3.55. The van der Waals surface area contributed by atoms with E-state index < -0.39 is 0 Å². The van der Waals surface area contributed by atoms with Gasteiger partial charge < -0.3 is 16.0 Å². The van der Waals surface area contributed by atoms with Crippen LogP contribution < -0.4 is 11.1 Å². The highest BCUT2D eigenvalue weighted by Crippen LogP contribution is 2.16. The lowest BCUT2D eigenvalue weighted by Crippen LogP contribution is -2.50. The van der Waals surface area contributed by atoms with Crippen LogP contribution in [0, 0.1) is 5.92 Å². The third-order valence-electron chi connectivity index (χ3n) is 3.00. The first kappa shape index (κ1) is 11.9. The summed E-state index contributed by atoms with van der Waals surface area (Å²) in [4.78, 5) is 13.8. The molecule has 0 spiro atoms. The van der Waals surface area contributed by atoms with Crippen molar-refractivity contribution in [3.63, 3.8) is 0 Å². The van der Waals surface area contributed by atoms with Crippen LogP contribution in [-0.4, -0.2) is 30.1 Å². The molecule has 0 aromatic heterocycles. The first-order valence-electron chi connectivity index (χ1n) is 6.01. The van der Waals surface area contributed by atoms with Gasteiger partial charge in [-0.05, 0) is 24.5 Å². The summed E-state index contributed by atoms with van der Waals surface area (Å²) < 4.78 is 0. The number of para-hydroxylation sites is 1. The monoisotopic (exact) mass is 233 g/mol. The number of nitrogens with zero attached hydrogens (tertiary/aromatic N) is 1. The van der Waals surface area contributed by atoms with Crippen LogP contribution in [0.2, 0.25) is 0 Å². The molecule has 3 N–H and O–H groups in total. The van der Waals surface area contributed by atoms with E-state index in [0.29, 0.717) is 12.5 Å². The maximum absolute atomic E-state index is 12.0. The largest absolute Gasteiger partial charge is 0.326 e. The van der Waals surface area contributed by atoms with Gasteiger partial charge in [-0.15, -0.1) is 0 Å². The van der Waals surface area contributed by atoms with E-state index in [1.807, 2.05) is 30.3 Å². The van der Waals surface area contributed by atoms with E-state index in [4.69, 9.17) is 5.73 Å². The van der Waals surface area contributed by atoms with Gasteiger partial charge in [-0.1, -0.05) is 25.1 Å². The van der Waals surface area contributed by atoms with Crippen molar-refractivity contribution in [2.45, 2.75) is 19.4 Å². The van der Waals surface area contributed by atoms with E-state index in [-0.39, 0.29) is 12.1 Å². The molecule has 0 radical (unpaired) electrons. The minimum absolute atomic E-state index is 0.0572. The zero-order valence-corrected chi connectivity index (χ0v) is 10.1. The smallest absolute Gasteiger partial charge is 0.321 e. The van der Waals surface area contributed by atoms with Crippen LogP contribution in [0.4, 0.5) is 10.5 Å². The number of likely N-dealkylation sites (tertiary alicyclic amines) is 1. The van der Waals surface area contributed by atoms with Crippen LogP contribution in [0.1, 0.15) is 13.3 Å². The van der Waals surface area contributed by atoms with Crippen LogP contribution in [0.5, 0.6) is 0 Å². The second kappa shape index (κ2) is 5.19. The molecule has 4 heteroatoms. The van der Waals surface area contributed by atoms with Gasteiger partial charge in [0, 0.05) is 24.8 Å². The van der Waals surface area contributed by atoms with Crippen LogP contribution in [0.15, 0.2) is 30.3 Å². The van der Waals surface area contributed by atoms with Gasteiger partial charge in [-0.25, -0.2) is 4.79 Å². The molecule has 1 heterocycles. The SMILES string of the molecule is CC1CC(N)CN(C(=O)Nc2ccccc2)C1. The number of carbonyl (C=O) groups excluding carboxylic acids is 1. The molecule has 1 fully saturated rings. The lowest BCUT2D eigenvalue weighted by molar-refractivity contribution is 0.172. The highest BCUT2D eigenvalue weighted by Gasteiger charge is 2.25. The van der Waals surface area contributed by atoms with Crippen molar-refractivity contribution in [3.05, 3.63) is 30.3 Å². The first-order chi connectivity index (χ1) is 8.15. The van der Waals surface area contributed by atoms with Crippen LogP contribution in [0.3, 0.4) is 0 Å². The number of amides is 2. The number of nitrogens with two attached hydrogens (primary N) is 1. The number of anilines is 1. The number of piperidine rings is 1. The zero-order chi connectivity index (χ0) is 12.3. The number of urea groups is 1. The fraction of sp³-hybridized carbons (Fsp3) is 0.462. The summed E-state index contributed by atoms with van der Waals surface area (Å²) in [7, 11) is 0. The van der Waals surface area contributed by atoms with Crippen LogP contribution in [-0.2, 0) is 0 Å². The third-order valence-corrected chi connectivity index (χ3v) is 3.00. The summed E-state index contributed by atoms with van der Waals surface area (Å²) in [6.07, 6.45) is 0.995. The number of carbonyl (C=O) groups is 1. The average molecular weight is 233 g/mol. The Morgan fingerprint density at radius 3 is 2.71 bits per heavy atom. The normalized spacial score (nSPS) is 24.5. The molecule has 2 rings (SSSR count). The van der Waals surface area contributed by atoms with Gasteiger partial charge in [0.1, 0.15) is 0 Å². The Morgan fingerprint density at radius 1 is 1.35 bits per heavy atom. The lowest BCUT2D eigenvalue weighted by atomic mass is 9.97. The molecule has 92 valence electrons. The molecule has 1 aromatic rings.